The molecule has 0 spiro atoms. The first-order valence-electron chi connectivity index (χ1n) is 11.2. The van der Waals surface area contributed by atoms with Crippen LogP contribution in [-0.4, -0.2) is 60.0 Å². The Morgan fingerprint density at radius 2 is 1.74 bits per heavy atom. The van der Waals surface area contributed by atoms with Crippen LogP contribution in [0, 0.1) is 12.8 Å². The van der Waals surface area contributed by atoms with Gasteiger partial charge in [-0.15, -0.1) is 0 Å². The van der Waals surface area contributed by atoms with Crippen LogP contribution in [-0.2, 0) is 19.6 Å². The summed E-state index contributed by atoms with van der Waals surface area (Å²) in [4.78, 5) is 29.5. The van der Waals surface area contributed by atoms with Crippen molar-refractivity contribution in [2.24, 2.45) is 5.92 Å². The van der Waals surface area contributed by atoms with Crippen LogP contribution >= 0.6 is 0 Å². The number of aromatic nitrogens is 3. The standard InChI is InChI=1S/C24H27N5O5S/c1-16-25-22(28-27-16)21(17-8-4-3-5-9-17)26-23(30)18-12-14-29(15-13-18)35(32,33)20-11-7-6-10-19(20)24(31)34-2/h3-11,18,21H,12-15H2,1-2H3,(H,26,30)(H,25,27,28). The summed E-state index contributed by atoms with van der Waals surface area (Å²) in [6.45, 7) is 2.10. The molecule has 3 aromatic rings. The first-order valence-corrected chi connectivity index (χ1v) is 12.7. The fourth-order valence-electron chi connectivity index (χ4n) is 4.16. The maximum Gasteiger partial charge on any atom is 0.339 e. The third-order valence-electron chi connectivity index (χ3n) is 6.03. The summed E-state index contributed by atoms with van der Waals surface area (Å²) in [5.74, 6) is -0.174. The number of carbonyl (C=O) groups is 2. The summed E-state index contributed by atoms with van der Waals surface area (Å²) < 4.78 is 32.5. The third-order valence-corrected chi connectivity index (χ3v) is 7.98. The molecule has 184 valence electrons. The quantitative estimate of drug-likeness (QED) is 0.478. The Bertz CT molecular complexity index is 1300. The summed E-state index contributed by atoms with van der Waals surface area (Å²) in [6.07, 6.45) is 0.694. The van der Waals surface area contributed by atoms with Crippen LogP contribution in [0.5, 0.6) is 0 Å². The minimum absolute atomic E-state index is 0.0117. The molecule has 0 bridgehead atoms. The Morgan fingerprint density at radius 1 is 1.09 bits per heavy atom. The van der Waals surface area contributed by atoms with E-state index in [1.54, 1.807) is 19.1 Å². The van der Waals surface area contributed by atoms with E-state index >= 15 is 0 Å². The van der Waals surface area contributed by atoms with Crippen LogP contribution in [0.1, 0.15) is 46.5 Å². The predicted molar refractivity (Wildman–Crippen MR) is 127 cm³/mol. The lowest BCUT2D eigenvalue weighted by Gasteiger charge is -2.31. The average molecular weight is 498 g/mol. The monoisotopic (exact) mass is 497 g/mol. The van der Waals surface area contributed by atoms with Gasteiger partial charge in [0.1, 0.15) is 11.9 Å². The Hall–Kier alpha value is -3.57. The molecule has 0 aliphatic carbocycles. The number of ether oxygens (including phenoxy) is 1. The number of aryl methyl sites for hydroxylation is 1. The van der Waals surface area contributed by atoms with Gasteiger partial charge >= 0.3 is 5.97 Å². The number of sulfonamides is 1. The lowest BCUT2D eigenvalue weighted by Crippen LogP contribution is -2.44. The molecular weight excluding hydrogens is 470 g/mol. The van der Waals surface area contributed by atoms with Crippen molar-refractivity contribution in [3.63, 3.8) is 0 Å². The Kier molecular flexibility index (Phi) is 7.27. The van der Waals surface area contributed by atoms with Crippen LogP contribution in [0.3, 0.4) is 0 Å². The molecule has 0 saturated carbocycles. The molecule has 10 nitrogen and oxygen atoms in total. The van der Waals surface area contributed by atoms with Gasteiger partial charge in [0.25, 0.3) is 0 Å². The molecule has 2 heterocycles. The maximum atomic E-state index is 13.3. The highest BCUT2D eigenvalue weighted by atomic mass is 32.2. The topological polar surface area (TPSA) is 134 Å². The fourth-order valence-corrected chi connectivity index (χ4v) is 5.81. The second-order valence-electron chi connectivity index (χ2n) is 8.30. The van der Waals surface area contributed by atoms with Crippen LogP contribution < -0.4 is 5.32 Å². The van der Waals surface area contributed by atoms with Gasteiger partial charge in [0.2, 0.25) is 15.9 Å². The zero-order chi connectivity index (χ0) is 25.0. The number of hydrogen-bond acceptors (Lipinski definition) is 7. The second-order valence-corrected chi connectivity index (χ2v) is 10.2. The third kappa shape index (κ3) is 5.25. The first-order chi connectivity index (χ1) is 16.8. The van der Waals surface area contributed by atoms with E-state index in [1.165, 1.54) is 23.5 Å². The number of rotatable bonds is 7. The fraction of sp³-hybridized carbons (Fsp3) is 0.333. The van der Waals surface area contributed by atoms with Gasteiger partial charge in [0.15, 0.2) is 5.82 Å². The summed E-state index contributed by atoms with van der Waals surface area (Å²) in [7, 11) is -2.72. The summed E-state index contributed by atoms with van der Waals surface area (Å²) in [5, 5.41) is 10.1. The van der Waals surface area contributed by atoms with Crippen molar-refractivity contribution in [2.75, 3.05) is 20.2 Å². The van der Waals surface area contributed by atoms with Gasteiger partial charge in [-0.1, -0.05) is 42.5 Å². The minimum atomic E-state index is -3.93. The van der Waals surface area contributed by atoms with Crippen LogP contribution in [0.2, 0.25) is 0 Å². The van der Waals surface area contributed by atoms with Crippen molar-refractivity contribution < 1.29 is 22.7 Å². The number of carbonyl (C=O) groups excluding carboxylic acids is 2. The van der Waals surface area contributed by atoms with Crippen molar-refractivity contribution in [1.82, 2.24) is 24.8 Å². The first kappa shape index (κ1) is 24.6. The lowest BCUT2D eigenvalue weighted by molar-refractivity contribution is -0.126. The Morgan fingerprint density at radius 3 is 2.37 bits per heavy atom. The number of hydrogen-bond donors (Lipinski definition) is 2. The molecule has 1 fully saturated rings. The smallest absolute Gasteiger partial charge is 0.339 e. The molecule has 1 aliphatic rings. The summed E-state index contributed by atoms with van der Waals surface area (Å²) in [6, 6.07) is 14.9. The second kappa shape index (κ2) is 10.4. The van der Waals surface area contributed by atoms with Crippen molar-refractivity contribution in [3.8, 4) is 0 Å². The van der Waals surface area contributed by atoms with E-state index in [0.29, 0.717) is 24.5 Å². The van der Waals surface area contributed by atoms with Crippen LogP contribution in [0.25, 0.3) is 0 Å². The number of benzene rings is 2. The number of piperidine rings is 1. The largest absolute Gasteiger partial charge is 0.465 e. The molecule has 1 saturated heterocycles. The van der Waals surface area contributed by atoms with Gasteiger partial charge < -0.3 is 10.1 Å². The molecule has 1 aromatic heterocycles. The number of H-pyrrole nitrogens is 1. The number of esters is 1. The molecule has 1 aliphatic heterocycles. The van der Waals surface area contributed by atoms with Crippen molar-refractivity contribution in [2.45, 2.75) is 30.7 Å². The highest BCUT2D eigenvalue weighted by molar-refractivity contribution is 7.89. The van der Waals surface area contributed by atoms with E-state index in [0.717, 1.165) is 5.56 Å². The van der Waals surface area contributed by atoms with Gasteiger partial charge in [-0.3, -0.25) is 9.89 Å². The Balaban J connectivity index is 1.46. The van der Waals surface area contributed by atoms with Crippen LogP contribution in [0.4, 0.5) is 0 Å². The number of amides is 1. The predicted octanol–water partition coefficient (Wildman–Crippen LogP) is 2.21. The van der Waals surface area contributed by atoms with Crippen molar-refractivity contribution in [1.29, 1.82) is 0 Å². The number of nitrogens with one attached hydrogen (secondary N) is 2. The molecule has 35 heavy (non-hydrogen) atoms. The molecule has 1 atom stereocenters. The molecule has 0 radical (unpaired) electrons. The van der Waals surface area contributed by atoms with Gasteiger partial charge in [0, 0.05) is 19.0 Å². The number of aromatic amines is 1. The van der Waals surface area contributed by atoms with E-state index in [9.17, 15) is 18.0 Å². The molecule has 1 amide bonds. The van der Waals surface area contributed by atoms with Gasteiger partial charge in [-0.25, -0.2) is 18.2 Å². The average Bonchev–Trinajstić information content (AvgIpc) is 3.33. The maximum absolute atomic E-state index is 13.3. The van der Waals surface area contributed by atoms with Gasteiger partial charge in [0.05, 0.1) is 17.6 Å². The van der Waals surface area contributed by atoms with E-state index in [-0.39, 0.29) is 35.4 Å². The zero-order valence-corrected chi connectivity index (χ0v) is 20.3. The summed E-state index contributed by atoms with van der Waals surface area (Å²) >= 11 is 0. The Labute approximate surface area is 203 Å². The molecule has 2 N–H and O–H groups in total. The number of methoxy groups -OCH3 is 1. The molecule has 4 rings (SSSR count). The van der Waals surface area contributed by atoms with Crippen LogP contribution in [0.15, 0.2) is 59.5 Å². The highest BCUT2D eigenvalue weighted by Gasteiger charge is 2.35. The van der Waals surface area contributed by atoms with E-state index in [2.05, 4.69) is 20.5 Å². The SMILES string of the molecule is COC(=O)c1ccccc1S(=O)(=O)N1CCC(C(=O)NC(c2ccccc2)c2n[nH]c(C)n2)CC1. The number of nitrogens with zero attached hydrogens (tertiary/aromatic N) is 3. The van der Waals surface area contributed by atoms with Gasteiger partial charge in [-0.05, 0) is 37.5 Å². The van der Waals surface area contributed by atoms with Gasteiger partial charge in [-0.2, -0.15) is 9.40 Å². The molecule has 1 unspecified atom stereocenters. The van der Waals surface area contributed by atoms with E-state index < -0.39 is 22.0 Å². The van der Waals surface area contributed by atoms with E-state index in [1.807, 2.05) is 30.3 Å². The van der Waals surface area contributed by atoms with Crippen molar-refractivity contribution in [3.05, 3.63) is 77.4 Å². The normalized spacial score (nSPS) is 15.9. The zero-order valence-electron chi connectivity index (χ0n) is 19.5. The minimum Gasteiger partial charge on any atom is -0.465 e. The van der Waals surface area contributed by atoms with Crippen molar-refractivity contribution >= 4 is 21.9 Å². The highest BCUT2D eigenvalue weighted by Crippen LogP contribution is 2.27. The van der Waals surface area contributed by atoms with E-state index in [4.69, 9.17) is 4.74 Å². The molecule has 2 aromatic carbocycles. The summed E-state index contributed by atoms with van der Waals surface area (Å²) in [5.41, 5.74) is 0.835. The molecule has 11 heteroatoms. The molecular formula is C24H27N5O5S. The lowest BCUT2D eigenvalue weighted by atomic mass is 9.96.